The summed E-state index contributed by atoms with van der Waals surface area (Å²) in [5.74, 6) is -5.84. The number of fused-ring (bicyclic) bond motifs is 4. The van der Waals surface area contributed by atoms with Gasteiger partial charge in [0.1, 0.15) is 17.3 Å². The Balaban J connectivity index is 1.33. The number of rotatable bonds is 7. The topological polar surface area (TPSA) is 116 Å². The molecule has 0 radical (unpaired) electrons. The number of phenols is 1. The lowest BCUT2D eigenvalue weighted by Crippen LogP contribution is -2.53. The van der Waals surface area contributed by atoms with E-state index in [1.165, 1.54) is 53.7 Å². The second-order valence-corrected chi connectivity index (χ2v) is 14.6. The van der Waals surface area contributed by atoms with Crippen LogP contribution in [0.25, 0.3) is 0 Å². The molecule has 2 aliphatic heterocycles. The van der Waals surface area contributed by atoms with Crippen LogP contribution in [0.1, 0.15) is 34.8 Å². The lowest BCUT2D eigenvalue weighted by molar-refractivity contribution is -0.141. The van der Waals surface area contributed by atoms with E-state index >= 15 is 4.79 Å². The third kappa shape index (κ3) is 4.78. The van der Waals surface area contributed by atoms with Crippen LogP contribution in [0.3, 0.4) is 0 Å². The minimum absolute atomic E-state index is 0.0922. The van der Waals surface area contributed by atoms with Crippen LogP contribution in [0, 0.1) is 29.5 Å². The largest absolute Gasteiger partial charge is 0.508 e. The van der Waals surface area contributed by atoms with E-state index in [2.05, 4.69) is 5.43 Å². The Labute approximate surface area is 295 Å². The van der Waals surface area contributed by atoms with Crippen LogP contribution in [0.15, 0.2) is 95.9 Å². The number of imide groups is 2. The van der Waals surface area contributed by atoms with Crippen molar-refractivity contribution in [2.75, 3.05) is 12.5 Å². The zero-order valence-electron chi connectivity index (χ0n) is 26.7. The van der Waals surface area contributed by atoms with Gasteiger partial charge in [-0.3, -0.25) is 29.5 Å². The molecule has 6 atom stereocenters. The Morgan fingerprint density at radius 1 is 0.980 bits per heavy atom. The predicted octanol–water partition coefficient (Wildman–Crippen LogP) is 6.44. The van der Waals surface area contributed by atoms with E-state index in [9.17, 15) is 23.9 Å². The summed E-state index contributed by atoms with van der Waals surface area (Å²) in [7, 11) is 1.49. The van der Waals surface area contributed by atoms with E-state index in [0.29, 0.717) is 33.2 Å². The summed E-state index contributed by atoms with van der Waals surface area (Å²) in [4.78, 5) is 60.2. The van der Waals surface area contributed by atoms with Gasteiger partial charge in [0.15, 0.2) is 0 Å². The number of benzene rings is 3. The van der Waals surface area contributed by atoms with E-state index < -0.39 is 52.6 Å². The molecule has 50 heavy (non-hydrogen) atoms. The van der Waals surface area contributed by atoms with Gasteiger partial charge in [-0.15, -0.1) is 11.3 Å². The molecule has 0 spiro atoms. The number of aromatic hydroxyl groups is 1. The van der Waals surface area contributed by atoms with Crippen molar-refractivity contribution in [1.82, 2.24) is 9.91 Å². The molecule has 2 aliphatic carbocycles. The van der Waals surface area contributed by atoms with Crippen molar-refractivity contribution in [1.29, 1.82) is 0 Å². The smallest absolute Gasteiger partial charge is 0.260 e. The maximum atomic E-state index is 15.2. The molecule has 0 unspecified atom stereocenters. The standard InChI is InChI=1S/C38H31ClFN3O6S/c1-49-24-12-15-31(44)29(17-24)33-26-13-14-27-32(36(47)42(34(27)45)19-25-3-2-16-50-25)28(26)18-30-35(46)43(41-23-10-8-22(40)9-11-23)37(48)38(30,33)20-4-6-21(39)7-5-20/h2-13,15-17,27-28,30,32-33,41,44H,14,18-19H2,1H3/t27-,28+,30-,32-,33+,38+/m0/s1. The van der Waals surface area contributed by atoms with Crippen molar-refractivity contribution in [2.24, 2.45) is 23.7 Å². The van der Waals surface area contributed by atoms with Crippen LogP contribution in [-0.4, -0.2) is 45.8 Å². The Morgan fingerprint density at radius 3 is 2.44 bits per heavy atom. The molecule has 254 valence electrons. The molecule has 4 aromatic rings. The van der Waals surface area contributed by atoms with Gasteiger partial charge in [-0.1, -0.05) is 41.4 Å². The molecule has 2 N–H and O–H groups in total. The fourth-order valence-corrected chi connectivity index (χ4v) is 9.49. The van der Waals surface area contributed by atoms with Gasteiger partial charge in [-0.2, -0.15) is 5.01 Å². The molecule has 3 fully saturated rings. The number of carbonyl (C=O) groups is 4. The van der Waals surface area contributed by atoms with Gasteiger partial charge < -0.3 is 9.84 Å². The number of allylic oxidation sites excluding steroid dienone is 2. The molecule has 0 bridgehead atoms. The number of phenolic OH excluding ortho intramolecular Hbond substituents is 1. The van der Waals surface area contributed by atoms with Gasteiger partial charge in [0.2, 0.25) is 11.8 Å². The summed E-state index contributed by atoms with van der Waals surface area (Å²) in [6.45, 7) is 0.162. The normalized spacial score (nSPS) is 27.2. The number of ether oxygens (including phenoxy) is 1. The summed E-state index contributed by atoms with van der Waals surface area (Å²) in [6.07, 6.45) is 2.27. The van der Waals surface area contributed by atoms with Crippen LogP contribution in [0.4, 0.5) is 10.1 Å². The first-order valence-electron chi connectivity index (χ1n) is 16.2. The molecule has 4 aliphatic rings. The Kier molecular flexibility index (Phi) is 7.80. The van der Waals surface area contributed by atoms with Crippen molar-refractivity contribution >= 4 is 52.3 Å². The summed E-state index contributed by atoms with van der Waals surface area (Å²) in [6, 6.07) is 20.5. The first-order valence-corrected chi connectivity index (χ1v) is 17.5. The number of nitrogens with zero attached hydrogens (tertiary/aromatic N) is 2. The van der Waals surface area contributed by atoms with Crippen LogP contribution in [0.2, 0.25) is 5.02 Å². The van der Waals surface area contributed by atoms with Gasteiger partial charge in [0.05, 0.1) is 42.5 Å². The van der Waals surface area contributed by atoms with Crippen LogP contribution >= 0.6 is 22.9 Å². The zero-order valence-corrected chi connectivity index (χ0v) is 28.3. The van der Waals surface area contributed by atoms with E-state index in [-0.39, 0.29) is 37.0 Å². The molecular formula is C38H31ClFN3O6S. The summed E-state index contributed by atoms with van der Waals surface area (Å²) >= 11 is 7.80. The molecule has 12 heteroatoms. The van der Waals surface area contributed by atoms with Crippen molar-refractivity contribution in [3.63, 3.8) is 0 Å². The fourth-order valence-electron chi connectivity index (χ4n) is 8.67. The number of hydrogen-bond acceptors (Lipinski definition) is 8. The molecule has 4 amide bonds. The molecule has 3 aromatic carbocycles. The zero-order chi connectivity index (χ0) is 34.9. The van der Waals surface area contributed by atoms with Gasteiger partial charge in [0.25, 0.3) is 11.8 Å². The highest BCUT2D eigenvalue weighted by molar-refractivity contribution is 7.09. The van der Waals surface area contributed by atoms with Crippen LogP contribution in [-0.2, 0) is 31.1 Å². The van der Waals surface area contributed by atoms with Crippen LogP contribution < -0.4 is 10.2 Å². The van der Waals surface area contributed by atoms with Gasteiger partial charge in [-0.25, -0.2) is 4.39 Å². The number of nitrogens with one attached hydrogen (secondary N) is 1. The van der Waals surface area contributed by atoms with E-state index in [1.807, 2.05) is 23.6 Å². The molecule has 2 saturated heterocycles. The number of hydrazine groups is 1. The van der Waals surface area contributed by atoms with Gasteiger partial charge >= 0.3 is 0 Å². The predicted molar refractivity (Wildman–Crippen MR) is 184 cm³/mol. The number of thiophene rings is 1. The monoisotopic (exact) mass is 711 g/mol. The van der Waals surface area contributed by atoms with Gasteiger partial charge in [0, 0.05) is 21.4 Å². The average Bonchev–Trinajstić information content (AvgIpc) is 3.78. The Bertz CT molecular complexity index is 2070. The highest BCUT2D eigenvalue weighted by atomic mass is 35.5. The van der Waals surface area contributed by atoms with E-state index in [4.69, 9.17) is 16.3 Å². The minimum Gasteiger partial charge on any atom is -0.508 e. The number of methoxy groups -OCH3 is 1. The number of anilines is 1. The molecule has 9 nitrogen and oxygen atoms in total. The highest BCUT2D eigenvalue weighted by Crippen LogP contribution is 2.65. The maximum absolute atomic E-state index is 15.2. The molecular weight excluding hydrogens is 681 g/mol. The third-order valence-corrected chi connectivity index (χ3v) is 11.9. The van der Waals surface area contributed by atoms with E-state index in [1.54, 1.807) is 36.4 Å². The SMILES string of the molecule is COc1ccc(O)c([C@H]2C3=CC[C@@H]4C(=O)N(Cc5cccs5)C(=O)[C@@H]4[C@@H]3C[C@H]3C(=O)N(Nc4ccc(F)cc4)C(=O)[C@@]23c2ccc(Cl)cc2)c1. The second kappa shape index (κ2) is 12.1. The third-order valence-electron chi connectivity index (χ3n) is 10.8. The fraction of sp³-hybridized carbons (Fsp3) is 0.263. The molecule has 3 heterocycles. The van der Waals surface area contributed by atoms with Crippen molar-refractivity contribution in [3.8, 4) is 11.5 Å². The van der Waals surface area contributed by atoms with Crippen LogP contribution in [0.5, 0.6) is 11.5 Å². The Morgan fingerprint density at radius 2 is 1.74 bits per heavy atom. The highest BCUT2D eigenvalue weighted by Gasteiger charge is 2.70. The molecule has 1 aromatic heterocycles. The maximum Gasteiger partial charge on any atom is 0.260 e. The second-order valence-electron chi connectivity index (χ2n) is 13.1. The molecule has 1 saturated carbocycles. The molecule has 8 rings (SSSR count). The number of likely N-dealkylation sites (tertiary alicyclic amines) is 1. The summed E-state index contributed by atoms with van der Waals surface area (Å²) in [5.41, 5.74) is 3.16. The number of carbonyl (C=O) groups excluding carboxylic acids is 4. The quantitative estimate of drug-likeness (QED) is 0.168. The summed E-state index contributed by atoms with van der Waals surface area (Å²) < 4.78 is 19.4. The number of amides is 4. The Hall–Kier alpha value is -5.00. The average molecular weight is 712 g/mol. The van der Waals surface area contributed by atoms with E-state index in [0.717, 1.165) is 9.89 Å². The summed E-state index contributed by atoms with van der Waals surface area (Å²) in [5, 5.41) is 14.8. The first-order chi connectivity index (χ1) is 24.1. The number of halogens is 2. The lowest BCUT2D eigenvalue weighted by Gasteiger charge is -2.50. The van der Waals surface area contributed by atoms with Crippen molar-refractivity contribution in [3.05, 3.63) is 123 Å². The van der Waals surface area contributed by atoms with Crippen molar-refractivity contribution < 1.29 is 33.4 Å². The van der Waals surface area contributed by atoms with Crippen molar-refractivity contribution in [2.45, 2.75) is 30.7 Å². The lowest BCUT2D eigenvalue weighted by atomic mass is 9.49. The first kappa shape index (κ1) is 32.2. The van der Waals surface area contributed by atoms with Gasteiger partial charge in [-0.05, 0) is 90.4 Å². The minimum atomic E-state index is -1.62. The number of hydrogen-bond donors (Lipinski definition) is 2.